The third-order valence-electron chi connectivity index (χ3n) is 10.1. The molecule has 2 amide bonds. The van der Waals surface area contributed by atoms with Crippen LogP contribution < -0.4 is 16.1 Å². The maximum atomic E-state index is 11.6. The maximum absolute atomic E-state index is 11.6. The van der Waals surface area contributed by atoms with Crippen molar-refractivity contribution in [2.45, 2.75) is 117 Å². The summed E-state index contributed by atoms with van der Waals surface area (Å²) in [6, 6.07) is 26.0. The van der Waals surface area contributed by atoms with E-state index < -0.39 is 18.3 Å². The molecule has 0 aliphatic heterocycles. The fraction of sp³-hybridized carbons (Fsp3) is 0.385. The Kier molecular flexibility index (Phi) is 21.2. The molecule has 0 radical (unpaired) electrons. The highest BCUT2D eigenvalue weighted by atomic mass is 79.9. The van der Waals surface area contributed by atoms with Crippen LogP contribution >= 0.6 is 15.9 Å². The molecule has 14 heteroatoms. The van der Waals surface area contributed by atoms with Gasteiger partial charge in [-0.2, -0.15) is 0 Å². The molecule has 12 nitrogen and oxygen atoms in total. The Hall–Kier alpha value is -5.70. The molecule has 0 aliphatic rings. The summed E-state index contributed by atoms with van der Waals surface area (Å²) in [6.45, 7) is 12.5. The van der Waals surface area contributed by atoms with E-state index in [1.54, 1.807) is 12.1 Å². The Morgan fingerprint density at radius 3 is 1.50 bits per heavy atom. The number of phenolic OH excluding ortho intramolecular Hbond substituents is 2. The lowest BCUT2D eigenvalue weighted by Crippen LogP contribution is -2.33. The number of nitrogens with zero attached hydrogens (tertiary/aromatic N) is 2. The van der Waals surface area contributed by atoms with Crippen molar-refractivity contribution in [1.29, 1.82) is 0 Å². The molecule has 0 atom stereocenters. The van der Waals surface area contributed by atoms with Crippen LogP contribution in [0.25, 0.3) is 32.7 Å². The van der Waals surface area contributed by atoms with Gasteiger partial charge in [0.2, 0.25) is 0 Å². The van der Waals surface area contributed by atoms with Crippen LogP contribution in [-0.4, -0.2) is 73.8 Å². The van der Waals surface area contributed by atoms with E-state index in [0.29, 0.717) is 18.6 Å². The fourth-order valence-corrected chi connectivity index (χ4v) is 7.30. The SMILES string of the molecule is CC(C)(C)OC(=O)NCCCCCCc1ccc2cncc(-c3ccc(O)cc3)c2c1.CC(C)(C)OC(=O)NCCCCCCc1ccc2cncc(Br)c2c1.OB(O)c1ccc(O)cc1. The number of benzene rings is 4. The zero-order valence-corrected chi connectivity index (χ0v) is 40.7. The summed E-state index contributed by atoms with van der Waals surface area (Å²) in [5.74, 6) is 0.378. The number of pyridine rings is 2. The Morgan fingerprint density at radius 2 is 1.02 bits per heavy atom. The molecular weight excluding hydrogens is 899 g/mol. The molecule has 0 saturated carbocycles. The number of carbonyl (C=O) groups is 2. The number of amides is 2. The van der Waals surface area contributed by atoms with Crippen molar-refractivity contribution in [3.8, 4) is 22.6 Å². The van der Waals surface area contributed by atoms with Gasteiger partial charge in [-0.1, -0.05) is 80.3 Å². The third-order valence-corrected chi connectivity index (χ3v) is 10.7. The van der Waals surface area contributed by atoms with Crippen molar-refractivity contribution in [2.75, 3.05) is 13.1 Å². The quantitative estimate of drug-likeness (QED) is 0.0403. The van der Waals surface area contributed by atoms with Gasteiger partial charge in [-0.05, 0) is 159 Å². The van der Waals surface area contributed by atoms with Crippen LogP contribution in [0.3, 0.4) is 0 Å². The molecule has 0 spiro atoms. The zero-order valence-electron chi connectivity index (χ0n) is 39.1. The molecule has 0 fully saturated rings. The Bertz CT molecular complexity index is 2420. The molecule has 352 valence electrons. The lowest BCUT2D eigenvalue weighted by atomic mass is 9.80. The zero-order chi connectivity index (χ0) is 48.1. The summed E-state index contributed by atoms with van der Waals surface area (Å²) in [5, 5.41) is 45.8. The number of hydrogen-bond acceptors (Lipinski definition) is 10. The number of fused-ring (bicyclic) bond motifs is 2. The van der Waals surface area contributed by atoms with Gasteiger partial charge in [-0.3, -0.25) is 9.97 Å². The maximum Gasteiger partial charge on any atom is 0.488 e. The minimum absolute atomic E-state index is 0.115. The molecule has 6 aromatic rings. The molecule has 4 aromatic carbocycles. The second-order valence-corrected chi connectivity index (χ2v) is 19.0. The second kappa shape index (κ2) is 26.4. The smallest absolute Gasteiger partial charge is 0.488 e. The van der Waals surface area contributed by atoms with E-state index in [-0.39, 0.29) is 23.7 Å². The number of unbranched alkanes of at least 4 members (excludes halogenated alkanes) is 6. The minimum atomic E-state index is -1.46. The van der Waals surface area contributed by atoms with Gasteiger partial charge in [0.05, 0.1) is 0 Å². The topological polar surface area (TPSA) is 183 Å². The second-order valence-electron chi connectivity index (χ2n) is 18.1. The number of aryl methyl sites for hydroxylation is 2. The van der Waals surface area contributed by atoms with E-state index in [0.717, 1.165) is 90.6 Å². The average Bonchev–Trinajstić information content (AvgIpc) is 3.25. The van der Waals surface area contributed by atoms with Crippen LogP contribution in [0.4, 0.5) is 9.59 Å². The van der Waals surface area contributed by atoms with Crippen molar-refractivity contribution in [1.82, 2.24) is 20.6 Å². The molecular formula is C52H66BBrN4O8. The number of alkyl carbamates (subject to hydrolysis) is 2. The monoisotopic (exact) mass is 964 g/mol. The summed E-state index contributed by atoms with van der Waals surface area (Å²) in [7, 11) is -1.46. The molecule has 2 heterocycles. The predicted molar refractivity (Wildman–Crippen MR) is 269 cm³/mol. The molecule has 66 heavy (non-hydrogen) atoms. The van der Waals surface area contributed by atoms with E-state index in [4.69, 9.17) is 24.6 Å². The first-order valence-electron chi connectivity index (χ1n) is 22.6. The van der Waals surface area contributed by atoms with E-state index in [1.807, 2.05) is 78.5 Å². The number of halogens is 1. The summed E-state index contributed by atoms with van der Waals surface area (Å²) >= 11 is 3.56. The molecule has 0 aliphatic carbocycles. The van der Waals surface area contributed by atoms with Gasteiger partial charge in [0.25, 0.3) is 0 Å². The first-order chi connectivity index (χ1) is 31.4. The van der Waals surface area contributed by atoms with E-state index in [1.165, 1.54) is 46.2 Å². The van der Waals surface area contributed by atoms with Crippen molar-refractivity contribution in [3.63, 3.8) is 0 Å². The minimum Gasteiger partial charge on any atom is -0.508 e. The molecule has 0 saturated heterocycles. The largest absolute Gasteiger partial charge is 0.508 e. The number of carbonyl (C=O) groups excluding carboxylic acids is 2. The van der Waals surface area contributed by atoms with Gasteiger partial charge >= 0.3 is 19.3 Å². The van der Waals surface area contributed by atoms with Crippen molar-refractivity contribution in [3.05, 3.63) is 125 Å². The number of rotatable bonds is 16. The van der Waals surface area contributed by atoms with Crippen molar-refractivity contribution >= 4 is 62.2 Å². The predicted octanol–water partition coefficient (Wildman–Crippen LogP) is 10.9. The van der Waals surface area contributed by atoms with Crippen LogP contribution in [0.2, 0.25) is 0 Å². The summed E-state index contributed by atoms with van der Waals surface area (Å²) < 4.78 is 11.5. The van der Waals surface area contributed by atoms with E-state index in [2.05, 4.69) is 72.9 Å². The number of phenols is 2. The first-order valence-corrected chi connectivity index (χ1v) is 23.4. The summed E-state index contributed by atoms with van der Waals surface area (Å²) in [6.07, 6.45) is 17.6. The fourth-order valence-electron chi connectivity index (χ4n) is 6.84. The average molecular weight is 966 g/mol. The van der Waals surface area contributed by atoms with Crippen LogP contribution in [-0.2, 0) is 22.3 Å². The number of hydrogen-bond donors (Lipinski definition) is 6. The Labute approximate surface area is 398 Å². The van der Waals surface area contributed by atoms with Gasteiger partial charge in [-0.25, -0.2) is 9.59 Å². The van der Waals surface area contributed by atoms with E-state index in [9.17, 15) is 14.7 Å². The summed E-state index contributed by atoms with van der Waals surface area (Å²) in [4.78, 5) is 31.7. The van der Waals surface area contributed by atoms with Gasteiger partial charge in [-0.15, -0.1) is 0 Å². The van der Waals surface area contributed by atoms with Gasteiger partial charge < -0.3 is 40.4 Å². The molecule has 6 rings (SSSR count). The highest BCUT2D eigenvalue weighted by Gasteiger charge is 2.16. The highest BCUT2D eigenvalue weighted by molar-refractivity contribution is 9.10. The number of nitrogens with one attached hydrogen (secondary N) is 2. The normalized spacial score (nSPS) is 11.2. The Balaban J connectivity index is 0.000000242. The molecule has 0 bridgehead atoms. The van der Waals surface area contributed by atoms with Gasteiger partial charge in [0, 0.05) is 58.7 Å². The van der Waals surface area contributed by atoms with Crippen molar-refractivity contribution < 1.29 is 39.3 Å². The van der Waals surface area contributed by atoms with Crippen LogP contribution in [0.15, 0.2) is 114 Å². The van der Waals surface area contributed by atoms with Crippen LogP contribution in [0.5, 0.6) is 11.5 Å². The third kappa shape index (κ3) is 19.8. The van der Waals surface area contributed by atoms with E-state index >= 15 is 0 Å². The van der Waals surface area contributed by atoms with Crippen LogP contribution in [0, 0.1) is 0 Å². The van der Waals surface area contributed by atoms with Gasteiger partial charge in [0.1, 0.15) is 22.7 Å². The van der Waals surface area contributed by atoms with Gasteiger partial charge in [0.15, 0.2) is 0 Å². The first kappa shape index (κ1) is 52.9. The number of aromatic hydroxyl groups is 2. The Morgan fingerprint density at radius 1 is 0.576 bits per heavy atom. The number of ether oxygens (including phenoxy) is 2. The lowest BCUT2D eigenvalue weighted by Gasteiger charge is -2.19. The molecule has 0 unspecified atom stereocenters. The molecule has 2 aromatic heterocycles. The standard InChI is InChI=1S/C26H32N2O3.C20H27BrN2O2.C6H7BO3/c1-26(2,3)31-25(30)28-15-7-5-4-6-8-19-9-10-21-17-27-18-24(23(21)16-19)20-11-13-22(29)14-12-20;1-20(2,3)25-19(24)23-11-7-5-4-6-8-15-9-10-16-13-22-14-18(21)17(16)12-15;8-6-3-1-5(2-4-6)7(9)10/h9-14,16-18,29H,4-8,15H2,1-3H3,(H,28,30);9-10,12-14H,4-8,11H2,1-3H3,(H,23,24);1-4,8-10H. The highest BCUT2D eigenvalue weighted by Crippen LogP contribution is 2.30. The van der Waals surface area contributed by atoms with Crippen molar-refractivity contribution in [2.24, 2.45) is 0 Å². The lowest BCUT2D eigenvalue weighted by molar-refractivity contribution is 0.0515. The summed E-state index contributed by atoms with van der Waals surface area (Å²) in [5.41, 5.74) is 4.27. The molecule has 6 N–H and O–H groups in total. The number of aromatic nitrogens is 2. The van der Waals surface area contributed by atoms with Crippen LogP contribution in [0.1, 0.15) is 104 Å².